The van der Waals surface area contributed by atoms with Crippen molar-refractivity contribution in [3.8, 4) is 0 Å². The minimum Gasteiger partial charge on any atom is -0.462 e. The molecule has 1 aromatic carbocycles. The van der Waals surface area contributed by atoms with Gasteiger partial charge in [-0.1, -0.05) is 12.1 Å². The van der Waals surface area contributed by atoms with Gasteiger partial charge >= 0.3 is 5.97 Å². The van der Waals surface area contributed by atoms with E-state index in [1.54, 1.807) is 0 Å². The summed E-state index contributed by atoms with van der Waals surface area (Å²) in [6, 6.07) is 4.24. The van der Waals surface area contributed by atoms with Gasteiger partial charge in [0.05, 0.1) is 18.6 Å². The normalized spacial score (nSPS) is 28.1. The maximum Gasteiger partial charge on any atom is 0.308 e. The lowest BCUT2D eigenvalue weighted by atomic mass is 9.83. The molecule has 1 saturated heterocycles. The van der Waals surface area contributed by atoms with Gasteiger partial charge in [0.1, 0.15) is 6.10 Å². The van der Waals surface area contributed by atoms with Crippen LogP contribution in [0.1, 0.15) is 47.9 Å². The summed E-state index contributed by atoms with van der Waals surface area (Å²) in [5, 5.41) is 19.5. The van der Waals surface area contributed by atoms with Crippen LogP contribution in [-0.4, -0.2) is 34.5 Å². The van der Waals surface area contributed by atoms with Gasteiger partial charge in [0.25, 0.3) is 0 Å². The van der Waals surface area contributed by atoms with Crippen LogP contribution in [0.2, 0.25) is 0 Å². The molecule has 3 atom stereocenters. The second-order valence-electron chi connectivity index (χ2n) is 6.64. The van der Waals surface area contributed by atoms with Crippen molar-refractivity contribution in [2.75, 3.05) is 0 Å². The molecule has 0 radical (unpaired) electrons. The number of benzene rings is 1. The smallest absolute Gasteiger partial charge is 0.308 e. The lowest BCUT2D eigenvalue weighted by Gasteiger charge is -2.28. The molecule has 4 nitrogen and oxygen atoms in total. The van der Waals surface area contributed by atoms with E-state index in [9.17, 15) is 15.0 Å². The van der Waals surface area contributed by atoms with Gasteiger partial charge in [-0.15, -0.1) is 0 Å². The van der Waals surface area contributed by atoms with E-state index in [0.29, 0.717) is 6.42 Å². The number of carbonyl (C=O) groups is 1. The Balaban J connectivity index is 1.72. The van der Waals surface area contributed by atoms with Gasteiger partial charge in [0.2, 0.25) is 0 Å². The van der Waals surface area contributed by atoms with E-state index in [1.165, 1.54) is 22.3 Å². The lowest BCUT2D eigenvalue weighted by Crippen LogP contribution is -2.33. The third kappa shape index (κ3) is 3.33. The molecule has 1 fully saturated rings. The van der Waals surface area contributed by atoms with Gasteiger partial charge in [-0.25, -0.2) is 0 Å². The van der Waals surface area contributed by atoms with E-state index in [4.69, 9.17) is 4.74 Å². The molecule has 0 saturated carbocycles. The first-order valence-electron chi connectivity index (χ1n) is 8.18. The van der Waals surface area contributed by atoms with Crippen molar-refractivity contribution >= 4 is 5.97 Å². The third-order valence-corrected chi connectivity index (χ3v) is 4.90. The summed E-state index contributed by atoms with van der Waals surface area (Å²) in [5.41, 5.74) is 5.21. The molecular formula is C18H24O4. The Labute approximate surface area is 131 Å². The van der Waals surface area contributed by atoms with Crippen LogP contribution < -0.4 is 0 Å². The molecule has 4 heteroatoms. The average molecular weight is 304 g/mol. The summed E-state index contributed by atoms with van der Waals surface area (Å²) in [7, 11) is 0. The van der Waals surface area contributed by atoms with E-state index >= 15 is 0 Å². The number of carbonyl (C=O) groups excluding carboxylic acids is 1. The molecule has 1 aliphatic heterocycles. The highest BCUT2D eigenvalue weighted by atomic mass is 16.5. The lowest BCUT2D eigenvalue weighted by molar-refractivity contribution is -0.160. The van der Waals surface area contributed by atoms with Crippen LogP contribution in [0, 0.1) is 6.92 Å². The number of hydrogen-bond donors (Lipinski definition) is 2. The Morgan fingerprint density at radius 1 is 1.23 bits per heavy atom. The number of fused-ring (bicyclic) bond motifs is 1. The van der Waals surface area contributed by atoms with Crippen LogP contribution in [0.25, 0.3) is 0 Å². The molecule has 22 heavy (non-hydrogen) atoms. The molecule has 0 spiro atoms. The molecule has 2 N–H and O–H groups in total. The molecule has 3 rings (SSSR count). The van der Waals surface area contributed by atoms with Crippen LogP contribution in [0.15, 0.2) is 12.1 Å². The second kappa shape index (κ2) is 6.39. The highest BCUT2D eigenvalue weighted by Gasteiger charge is 2.27. The number of aliphatic hydroxyl groups excluding tert-OH is 2. The van der Waals surface area contributed by atoms with Crippen LogP contribution in [0.3, 0.4) is 0 Å². The van der Waals surface area contributed by atoms with E-state index in [0.717, 1.165) is 32.1 Å². The first-order valence-corrected chi connectivity index (χ1v) is 8.18. The fraction of sp³-hybridized carbons (Fsp3) is 0.611. The Morgan fingerprint density at radius 2 is 2.05 bits per heavy atom. The quantitative estimate of drug-likeness (QED) is 0.836. The zero-order valence-electron chi connectivity index (χ0n) is 13.0. The van der Waals surface area contributed by atoms with Crippen LogP contribution >= 0.6 is 0 Å². The van der Waals surface area contributed by atoms with Crippen molar-refractivity contribution in [1.29, 1.82) is 0 Å². The summed E-state index contributed by atoms with van der Waals surface area (Å²) < 4.78 is 5.34. The van der Waals surface area contributed by atoms with Gasteiger partial charge in [-0.2, -0.15) is 0 Å². The standard InChI is InChI=1S/C18H24O4/c1-11-2-3-12-8-13(19)4-6-17(12)16(11)7-5-15-9-14(20)10-18(21)22-15/h2-3,13-15,19-20H,4-10H2,1H3/t13-,14+,15-/m0/s1. The molecule has 0 amide bonds. The maximum absolute atomic E-state index is 11.4. The van der Waals surface area contributed by atoms with Crippen LogP contribution in [0.4, 0.5) is 0 Å². The number of hydrogen-bond acceptors (Lipinski definition) is 4. The zero-order chi connectivity index (χ0) is 15.7. The van der Waals surface area contributed by atoms with E-state index in [-0.39, 0.29) is 24.6 Å². The molecular weight excluding hydrogens is 280 g/mol. The summed E-state index contributed by atoms with van der Waals surface area (Å²) in [5.74, 6) is -0.293. The number of aliphatic hydroxyl groups is 2. The molecule has 1 aromatic rings. The van der Waals surface area contributed by atoms with Crippen molar-refractivity contribution in [2.45, 2.75) is 70.2 Å². The molecule has 0 bridgehead atoms. The highest BCUT2D eigenvalue weighted by Crippen LogP contribution is 2.29. The number of aryl methyl sites for hydroxylation is 1. The first-order chi connectivity index (χ1) is 10.5. The zero-order valence-corrected chi connectivity index (χ0v) is 13.0. The third-order valence-electron chi connectivity index (χ3n) is 4.90. The molecule has 2 aliphatic rings. The molecule has 1 heterocycles. The SMILES string of the molecule is Cc1ccc2c(c1CC[C@H]1C[C@@H](O)CC(=O)O1)CC[C@H](O)C2. The van der Waals surface area contributed by atoms with Gasteiger partial charge in [-0.05, 0) is 61.3 Å². The summed E-state index contributed by atoms with van der Waals surface area (Å²) in [6.45, 7) is 2.11. The maximum atomic E-state index is 11.4. The van der Waals surface area contributed by atoms with Crippen molar-refractivity contribution in [3.63, 3.8) is 0 Å². The molecule has 0 aromatic heterocycles. The fourth-order valence-electron chi connectivity index (χ4n) is 3.72. The Bertz CT molecular complexity index is 566. The summed E-state index contributed by atoms with van der Waals surface area (Å²) in [6.07, 6.45) is 3.77. The second-order valence-corrected chi connectivity index (χ2v) is 6.64. The molecule has 120 valence electrons. The Morgan fingerprint density at radius 3 is 2.82 bits per heavy atom. The predicted molar refractivity (Wildman–Crippen MR) is 82.7 cm³/mol. The van der Waals surface area contributed by atoms with Crippen LogP contribution in [-0.2, 0) is 28.8 Å². The van der Waals surface area contributed by atoms with E-state index in [1.807, 2.05) is 0 Å². The summed E-state index contributed by atoms with van der Waals surface area (Å²) >= 11 is 0. The van der Waals surface area contributed by atoms with E-state index in [2.05, 4.69) is 19.1 Å². The minimum absolute atomic E-state index is 0.119. The average Bonchev–Trinajstić information content (AvgIpc) is 2.45. The molecule has 0 unspecified atom stereocenters. The highest BCUT2D eigenvalue weighted by molar-refractivity contribution is 5.70. The topological polar surface area (TPSA) is 66.8 Å². The number of rotatable bonds is 3. The van der Waals surface area contributed by atoms with Crippen molar-refractivity contribution in [1.82, 2.24) is 0 Å². The van der Waals surface area contributed by atoms with E-state index < -0.39 is 6.10 Å². The van der Waals surface area contributed by atoms with Gasteiger partial charge in [0, 0.05) is 6.42 Å². The predicted octanol–water partition coefficient (Wildman–Crippen LogP) is 1.84. The minimum atomic E-state index is -0.563. The van der Waals surface area contributed by atoms with Crippen molar-refractivity contribution in [2.24, 2.45) is 0 Å². The van der Waals surface area contributed by atoms with Gasteiger partial charge in [-0.3, -0.25) is 4.79 Å². The summed E-state index contributed by atoms with van der Waals surface area (Å²) in [4.78, 5) is 11.4. The van der Waals surface area contributed by atoms with Crippen LogP contribution in [0.5, 0.6) is 0 Å². The fourth-order valence-corrected chi connectivity index (χ4v) is 3.72. The van der Waals surface area contributed by atoms with Crippen molar-refractivity contribution < 1.29 is 19.7 Å². The molecule has 1 aliphatic carbocycles. The van der Waals surface area contributed by atoms with Crippen molar-refractivity contribution in [3.05, 3.63) is 34.4 Å². The largest absolute Gasteiger partial charge is 0.462 e. The number of cyclic esters (lactones) is 1. The number of esters is 1. The first kappa shape index (κ1) is 15.5. The monoisotopic (exact) mass is 304 g/mol. The Hall–Kier alpha value is -1.39. The van der Waals surface area contributed by atoms with Gasteiger partial charge < -0.3 is 14.9 Å². The number of ether oxygens (including phenoxy) is 1. The Kier molecular flexibility index (Phi) is 4.50. The van der Waals surface area contributed by atoms with Gasteiger partial charge in [0.15, 0.2) is 0 Å².